The molecule has 0 atom stereocenters. The summed E-state index contributed by atoms with van der Waals surface area (Å²) in [6.07, 6.45) is 1.36. The van der Waals surface area contributed by atoms with E-state index >= 15 is 0 Å². The molecule has 0 radical (unpaired) electrons. The number of anilines is 1. The summed E-state index contributed by atoms with van der Waals surface area (Å²) in [7, 11) is 0. The van der Waals surface area contributed by atoms with Crippen LogP contribution in [-0.4, -0.2) is 17.0 Å². The average molecular weight is 389 g/mol. The standard InChI is InChI=1S/C12H7Br2NO4/c13-6-4-7(12(17)18)10(8(14)5-6)15-11(16)9-2-1-3-19-9/h1-5H,(H,15,16)(H,17,18). The molecule has 0 spiro atoms. The maximum atomic E-state index is 11.9. The smallest absolute Gasteiger partial charge is 0.337 e. The summed E-state index contributed by atoms with van der Waals surface area (Å²) in [5, 5.41) is 11.7. The Hall–Kier alpha value is -1.60. The molecule has 7 heteroatoms. The van der Waals surface area contributed by atoms with Gasteiger partial charge in [0.05, 0.1) is 17.5 Å². The number of carboxylic acid groups (broad SMARTS) is 1. The molecule has 2 rings (SSSR count). The van der Waals surface area contributed by atoms with Gasteiger partial charge in [-0.15, -0.1) is 0 Å². The van der Waals surface area contributed by atoms with Gasteiger partial charge >= 0.3 is 5.97 Å². The molecule has 5 nitrogen and oxygen atoms in total. The van der Waals surface area contributed by atoms with Crippen molar-refractivity contribution in [1.82, 2.24) is 0 Å². The second-order valence-electron chi connectivity index (χ2n) is 3.55. The number of carbonyl (C=O) groups is 2. The fraction of sp³-hybridized carbons (Fsp3) is 0. The molecule has 0 saturated carbocycles. The number of furan rings is 1. The van der Waals surface area contributed by atoms with Gasteiger partial charge in [0.2, 0.25) is 0 Å². The van der Waals surface area contributed by atoms with E-state index in [1.165, 1.54) is 18.4 Å². The Morgan fingerprint density at radius 3 is 2.58 bits per heavy atom. The van der Waals surface area contributed by atoms with E-state index in [2.05, 4.69) is 37.2 Å². The van der Waals surface area contributed by atoms with Gasteiger partial charge in [0.15, 0.2) is 5.76 Å². The molecule has 0 aliphatic rings. The van der Waals surface area contributed by atoms with Crippen molar-refractivity contribution in [2.24, 2.45) is 0 Å². The number of hydrogen-bond donors (Lipinski definition) is 2. The van der Waals surface area contributed by atoms with Gasteiger partial charge in [-0.25, -0.2) is 4.79 Å². The number of benzene rings is 1. The lowest BCUT2D eigenvalue weighted by atomic mass is 10.2. The normalized spacial score (nSPS) is 10.2. The third-order valence-corrected chi connectivity index (χ3v) is 3.35. The van der Waals surface area contributed by atoms with Crippen molar-refractivity contribution in [3.05, 3.63) is 50.8 Å². The van der Waals surface area contributed by atoms with E-state index in [-0.39, 0.29) is 17.0 Å². The van der Waals surface area contributed by atoms with Crippen molar-refractivity contribution in [2.75, 3.05) is 5.32 Å². The molecule has 0 aliphatic heterocycles. The zero-order valence-corrected chi connectivity index (χ0v) is 12.5. The van der Waals surface area contributed by atoms with Crippen LogP contribution < -0.4 is 5.32 Å². The number of halogens is 2. The second kappa shape index (κ2) is 5.58. The first-order valence-electron chi connectivity index (χ1n) is 5.06. The molecule has 2 N–H and O–H groups in total. The molecule has 0 aliphatic carbocycles. The van der Waals surface area contributed by atoms with E-state index < -0.39 is 11.9 Å². The van der Waals surface area contributed by atoms with Gasteiger partial charge in [-0.2, -0.15) is 0 Å². The number of rotatable bonds is 3. The third kappa shape index (κ3) is 3.05. The van der Waals surface area contributed by atoms with Crippen molar-refractivity contribution >= 4 is 49.4 Å². The Morgan fingerprint density at radius 1 is 1.26 bits per heavy atom. The summed E-state index contributed by atoms with van der Waals surface area (Å²) in [5.74, 6) is -1.56. The Kier molecular flexibility index (Phi) is 4.06. The Balaban J connectivity index is 2.39. The number of carbonyl (C=O) groups excluding carboxylic acids is 1. The summed E-state index contributed by atoms with van der Waals surface area (Å²) in [6, 6.07) is 6.11. The van der Waals surface area contributed by atoms with Crippen LogP contribution in [-0.2, 0) is 0 Å². The largest absolute Gasteiger partial charge is 0.478 e. The molecule has 19 heavy (non-hydrogen) atoms. The topological polar surface area (TPSA) is 79.5 Å². The number of amides is 1. The summed E-state index contributed by atoms with van der Waals surface area (Å²) in [4.78, 5) is 23.0. The van der Waals surface area contributed by atoms with Gasteiger partial charge in [0, 0.05) is 8.95 Å². The van der Waals surface area contributed by atoms with Crippen LogP contribution in [0.15, 0.2) is 43.9 Å². The van der Waals surface area contributed by atoms with Crippen LogP contribution in [0.1, 0.15) is 20.9 Å². The lowest BCUT2D eigenvalue weighted by Gasteiger charge is -2.10. The Labute approximate surface area is 124 Å². The maximum absolute atomic E-state index is 11.9. The van der Waals surface area contributed by atoms with Crippen LogP contribution in [0.3, 0.4) is 0 Å². The predicted octanol–water partition coefficient (Wildman–Crippen LogP) is 3.76. The van der Waals surface area contributed by atoms with Crippen molar-refractivity contribution < 1.29 is 19.1 Å². The highest BCUT2D eigenvalue weighted by Gasteiger charge is 2.18. The summed E-state index contributed by atoms with van der Waals surface area (Å²) >= 11 is 6.42. The van der Waals surface area contributed by atoms with Crippen molar-refractivity contribution in [3.8, 4) is 0 Å². The molecule has 2 aromatic rings. The lowest BCUT2D eigenvalue weighted by molar-refractivity contribution is 0.0698. The average Bonchev–Trinajstić information content (AvgIpc) is 2.85. The summed E-state index contributed by atoms with van der Waals surface area (Å²) in [6.45, 7) is 0. The molecule has 1 aromatic heterocycles. The molecule has 0 saturated heterocycles. The molecule has 98 valence electrons. The number of nitrogens with one attached hydrogen (secondary N) is 1. The third-order valence-electron chi connectivity index (χ3n) is 2.27. The van der Waals surface area contributed by atoms with E-state index in [1.807, 2.05) is 0 Å². The van der Waals surface area contributed by atoms with Crippen LogP contribution in [0.5, 0.6) is 0 Å². The lowest BCUT2D eigenvalue weighted by Crippen LogP contribution is -2.14. The molecule has 1 amide bonds. The van der Waals surface area contributed by atoms with Gasteiger partial charge in [0.1, 0.15) is 0 Å². The molecular weight excluding hydrogens is 382 g/mol. The van der Waals surface area contributed by atoms with E-state index in [0.717, 1.165) is 0 Å². The SMILES string of the molecule is O=C(Nc1c(Br)cc(Br)cc1C(=O)O)c1ccco1. The highest BCUT2D eigenvalue weighted by molar-refractivity contribution is 9.11. The van der Waals surface area contributed by atoms with E-state index in [9.17, 15) is 9.59 Å². The monoisotopic (exact) mass is 387 g/mol. The van der Waals surface area contributed by atoms with Crippen LogP contribution >= 0.6 is 31.9 Å². The summed E-state index contributed by atoms with van der Waals surface area (Å²) < 4.78 is 6.00. The predicted molar refractivity (Wildman–Crippen MR) is 75.5 cm³/mol. The molecule has 0 fully saturated rings. The van der Waals surface area contributed by atoms with E-state index in [0.29, 0.717) is 8.95 Å². The Morgan fingerprint density at radius 2 is 2.00 bits per heavy atom. The summed E-state index contributed by atoms with van der Waals surface area (Å²) in [5.41, 5.74) is 0.151. The first kappa shape index (κ1) is 13.8. The fourth-order valence-electron chi connectivity index (χ4n) is 1.45. The molecule has 0 unspecified atom stereocenters. The quantitative estimate of drug-likeness (QED) is 0.838. The molecule has 1 aromatic carbocycles. The van der Waals surface area contributed by atoms with Crippen molar-refractivity contribution in [1.29, 1.82) is 0 Å². The van der Waals surface area contributed by atoms with Crippen LogP contribution in [0, 0.1) is 0 Å². The van der Waals surface area contributed by atoms with Crippen molar-refractivity contribution in [3.63, 3.8) is 0 Å². The highest BCUT2D eigenvalue weighted by Crippen LogP contribution is 2.31. The first-order chi connectivity index (χ1) is 8.99. The minimum atomic E-state index is -1.14. The van der Waals surface area contributed by atoms with Crippen LogP contribution in [0.25, 0.3) is 0 Å². The van der Waals surface area contributed by atoms with Gasteiger partial charge in [-0.05, 0) is 40.2 Å². The van der Waals surface area contributed by atoms with Gasteiger partial charge in [-0.1, -0.05) is 15.9 Å². The minimum absolute atomic E-state index is 0.0267. The number of carboxylic acids is 1. The van der Waals surface area contributed by atoms with Crippen molar-refractivity contribution in [2.45, 2.75) is 0 Å². The van der Waals surface area contributed by atoms with E-state index in [4.69, 9.17) is 9.52 Å². The highest BCUT2D eigenvalue weighted by atomic mass is 79.9. The molecule has 1 heterocycles. The molecule has 0 bridgehead atoms. The van der Waals surface area contributed by atoms with E-state index in [1.54, 1.807) is 12.1 Å². The second-order valence-corrected chi connectivity index (χ2v) is 5.32. The number of aromatic carboxylic acids is 1. The minimum Gasteiger partial charge on any atom is -0.478 e. The zero-order valence-electron chi connectivity index (χ0n) is 9.31. The van der Waals surface area contributed by atoms with Gasteiger partial charge in [0.25, 0.3) is 5.91 Å². The van der Waals surface area contributed by atoms with Gasteiger partial charge < -0.3 is 14.8 Å². The zero-order chi connectivity index (χ0) is 14.0. The maximum Gasteiger partial charge on any atom is 0.337 e. The van der Waals surface area contributed by atoms with Gasteiger partial charge in [-0.3, -0.25) is 4.79 Å². The number of hydrogen-bond acceptors (Lipinski definition) is 3. The molecular formula is C12H7Br2NO4. The Bertz CT molecular complexity index is 637. The van der Waals surface area contributed by atoms with Crippen LogP contribution in [0.2, 0.25) is 0 Å². The fourth-order valence-corrected chi connectivity index (χ4v) is 2.78. The first-order valence-corrected chi connectivity index (χ1v) is 6.65. The van der Waals surface area contributed by atoms with Crippen LogP contribution in [0.4, 0.5) is 5.69 Å².